The zero-order valence-electron chi connectivity index (χ0n) is 23.0. The molecule has 0 amide bonds. The number of likely N-dealkylation sites (tertiary alicyclic amines) is 1. The molecule has 0 atom stereocenters. The van der Waals surface area contributed by atoms with Crippen LogP contribution < -0.4 is 5.32 Å². The summed E-state index contributed by atoms with van der Waals surface area (Å²) in [6.45, 7) is 8.56. The molecule has 6 rings (SSSR count). The first-order valence-electron chi connectivity index (χ1n) is 13.3. The van der Waals surface area contributed by atoms with Gasteiger partial charge in [0.2, 0.25) is 0 Å². The lowest BCUT2D eigenvalue weighted by Gasteiger charge is -2.39. The zero-order chi connectivity index (χ0) is 27.4. The van der Waals surface area contributed by atoms with E-state index < -0.39 is 17.2 Å². The Kier molecular flexibility index (Phi) is 8.79. The van der Waals surface area contributed by atoms with Crippen LogP contribution in [0.4, 0.5) is 8.78 Å². The topological polar surface area (TPSA) is 77.1 Å². The SMILES string of the molecule is CC(C)(O)Cn1ncc2cc(-c3ccc(CN4CCC5(CNC5)C4)cc3-c3ccc(C#N)c(F)c3)c(F)cc21.Cl.Cl. The average molecular weight is 601 g/mol. The van der Waals surface area contributed by atoms with Gasteiger partial charge in [-0.3, -0.25) is 9.58 Å². The summed E-state index contributed by atoms with van der Waals surface area (Å²) in [5.74, 6) is -1.03. The lowest BCUT2D eigenvalue weighted by molar-refractivity contribution is 0.0591. The van der Waals surface area contributed by atoms with Crippen molar-refractivity contribution in [2.45, 2.75) is 39.0 Å². The van der Waals surface area contributed by atoms with Crippen LogP contribution in [0.5, 0.6) is 0 Å². The highest BCUT2D eigenvalue weighted by atomic mass is 35.5. The fraction of sp³-hybridized carbons (Fsp3) is 0.355. The molecule has 3 aromatic carbocycles. The third-order valence-electron chi connectivity index (χ3n) is 7.97. The van der Waals surface area contributed by atoms with Crippen molar-refractivity contribution in [3.63, 3.8) is 0 Å². The van der Waals surface area contributed by atoms with Crippen LogP contribution in [0.1, 0.15) is 31.4 Å². The molecule has 6 nitrogen and oxygen atoms in total. The van der Waals surface area contributed by atoms with E-state index in [1.54, 1.807) is 36.9 Å². The molecule has 216 valence electrons. The van der Waals surface area contributed by atoms with Gasteiger partial charge in [-0.25, -0.2) is 8.78 Å². The van der Waals surface area contributed by atoms with Crippen molar-refractivity contribution >= 4 is 35.7 Å². The maximum absolute atomic E-state index is 15.7. The minimum atomic E-state index is -0.999. The molecule has 1 aromatic heterocycles. The van der Waals surface area contributed by atoms with Crippen molar-refractivity contribution in [2.75, 3.05) is 26.2 Å². The van der Waals surface area contributed by atoms with Crippen molar-refractivity contribution in [1.82, 2.24) is 20.0 Å². The second kappa shape index (κ2) is 11.7. The van der Waals surface area contributed by atoms with E-state index in [1.165, 1.54) is 24.6 Å². The van der Waals surface area contributed by atoms with E-state index in [0.717, 1.165) is 43.7 Å². The average Bonchev–Trinajstić information content (AvgIpc) is 3.47. The summed E-state index contributed by atoms with van der Waals surface area (Å²) in [4.78, 5) is 2.45. The Hall–Kier alpha value is -3.06. The number of nitriles is 1. The minimum absolute atomic E-state index is 0. The molecule has 0 radical (unpaired) electrons. The van der Waals surface area contributed by atoms with Crippen molar-refractivity contribution in [3.05, 3.63) is 77.5 Å². The highest BCUT2D eigenvalue weighted by molar-refractivity contribution is 5.90. The Labute approximate surface area is 250 Å². The predicted molar refractivity (Wildman–Crippen MR) is 161 cm³/mol. The summed E-state index contributed by atoms with van der Waals surface area (Å²) in [7, 11) is 0. The molecular formula is C31H33Cl2F2N5O. The number of fused-ring (bicyclic) bond motifs is 1. The van der Waals surface area contributed by atoms with E-state index in [9.17, 15) is 14.8 Å². The molecule has 1 spiro atoms. The van der Waals surface area contributed by atoms with Gasteiger partial charge in [0.15, 0.2) is 0 Å². The van der Waals surface area contributed by atoms with Crippen LogP contribution >= 0.6 is 24.8 Å². The van der Waals surface area contributed by atoms with Crippen LogP contribution in [-0.2, 0) is 13.1 Å². The molecule has 2 aliphatic heterocycles. The molecular weight excluding hydrogens is 567 g/mol. The summed E-state index contributed by atoms with van der Waals surface area (Å²) < 4.78 is 32.0. The molecule has 2 saturated heterocycles. The quantitative estimate of drug-likeness (QED) is 0.287. The molecule has 3 heterocycles. The van der Waals surface area contributed by atoms with Gasteiger partial charge in [0.1, 0.15) is 17.7 Å². The van der Waals surface area contributed by atoms with Gasteiger partial charge in [0.25, 0.3) is 0 Å². The summed E-state index contributed by atoms with van der Waals surface area (Å²) in [6, 6.07) is 15.5. The maximum Gasteiger partial charge on any atom is 0.141 e. The molecule has 4 aromatic rings. The molecule has 0 saturated carbocycles. The summed E-state index contributed by atoms with van der Waals surface area (Å²) in [6.07, 6.45) is 2.84. The van der Waals surface area contributed by atoms with Crippen LogP contribution in [0.15, 0.2) is 54.7 Å². The molecule has 0 unspecified atom stereocenters. The number of hydrogen-bond donors (Lipinski definition) is 2. The van der Waals surface area contributed by atoms with Crippen LogP contribution in [0.3, 0.4) is 0 Å². The molecule has 41 heavy (non-hydrogen) atoms. The molecule has 2 N–H and O–H groups in total. The number of benzene rings is 3. The van der Waals surface area contributed by atoms with E-state index in [0.29, 0.717) is 33.2 Å². The van der Waals surface area contributed by atoms with E-state index in [1.807, 2.05) is 24.3 Å². The van der Waals surface area contributed by atoms with Gasteiger partial charge in [-0.2, -0.15) is 10.4 Å². The number of halogens is 4. The van der Waals surface area contributed by atoms with Gasteiger partial charge in [0.05, 0.1) is 29.4 Å². The number of nitrogens with zero attached hydrogens (tertiary/aromatic N) is 4. The van der Waals surface area contributed by atoms with Crippen LogP contribution in [-0.4, -0.2) is 51.6 Å². The van der Waals surface area contributed by atoms with Crippen LogP contribution in [0.2, 0.25) is 0 Å². The van der Waals surface area contributed by atoms with Crippen LogP contribution in [0.25, 0.3) is 33.2 Å². The number of rotatable bonds is 6. The van der Waals surface area contributed by atoms with Gasteiger partial charge in [-0.15, -0.1) is 24.8 Å². The van der Waals surface area contributed by atoms with Crippen molar-refractivity contribution in [1.29, 1.82) is 5.26 Å². The number of aliphatic hydroxyl groups is 1. The Balaban J connectivity index is 0.00000194. The second-order valence-corrected chi connectivity index (χ2v) is 11.8. The first kappa shape index (κ1) is 30.9. The minimum Gasteiger partial charge on any atom is -0.389 e. The standard InChI is InChI=1S/C31H31F2N5O.2ClH/c1-30(2,39)18-38-29-12-28(33)26(10-23(29)14-36-38)24-6-3-20(15-37-8-7-31(19-37)16-35-17-31)9-25(24)21-4-5-22(13-34)27(32)11-21;;/h3-6,9-12,14,35,39H,7-8,15-19H2,1-2H3;2*1H. The predicted octanol–water partition coefficient (Wildman–Crippen LogP) is 5.93. The summed E-state index contributed by atoms with van der Waals surface area (Å²) in [5, 5.41) is 28.0. The lowest BCUT2D eigenvalue weighted by atomic mass is 9.81. The Morgan fingerprint density at radius 2 is 1.80 bits per heavy atom. The lowest BCUT2D eigenvalue weighted by Crippen LogP contribution is -2.54. The third-order valence-corrected chi connectivity index (χ3v) is 7.97. The van der Waals surface area contributed by atoms with Crippen LogP contribution in [0, 0.1) is 28.4 Å². The highest BCUT2D eigenvalue weighted by Crippen LogP contribution is 2.39. The molecule has 0 bridgehead atoms. The first-order valence-corrected chi connectivity index (χ1v) is 13.3. The third kappa shape index (κ3) is 6.11. The van der Waals surface area contributed by atoms with Crippen molar-refractivity contribution < 1.29 is 13.9 Å². The molecule has 10 heteroatoms. The van der Waals surface area contributed by atoms with Gasteiger partial charge in [-0.05, 0) is 73.3 Å². The van der Waals surface area contributed by atoms with Gasteiger partial charge in [0, 0.05) is 48.6 Å². The van der Waals surface area contributed by atoms with Gasteiger partial charge >= 0.3 is 0 Å². The Morgan fingerprint density at radius 3 is 2.44 bits per heavy atom. The normalized spacial score (nSPS) is 16.2. The number of nitrogens with one attached hydrogen (secondary N) is 1. The molecule has 2 fully saturated rings. The van der Waals surface area contributed by atoms with Gasteiger partial charge in [-0.1, -0.05) is 18.2 Å². The number of aromatic nitrogens is 2. The zero-order valence-corrected chi connectivity index (χ0v) is 24.6. The van der Waals surface area contributed by atoms with E-state index in [-0.39, 0.29) is 36.9 Å². The van der Waals surface area contributed by atoms with E-state index >= 15 is 4.39 Å². The second-order valence-electron chi connectivity index (χ2n) is 11.8. The monoisotopic (exact) mass is 599 g/mol. The fourth-order valence-electron chi connectivity index (χ4n) is 5.92. The summed E-state index contributed by atoms with van der Waals surface area (Å²) in [5.41, 5.74) is 3.33. The largest absolute Gasteiger partial charge is 0.389 e. The van der Waals surface area contributed by atoms with E-state index in [2.05, 4.69) is 15.3 Å². The van der Waals surface area contributed by atoms with Crippen molar-refractivity contribution in [2.24, 2.45) is 5.41 Å². The Bertz CT molecular complexity index is 1620. The highest BCUT2D eigenvalue weighted by Gasteiger charge is 2.42. The molecule has 0 aliphatic carbocycles. The molecule has 2 aliphatic rings. The first-order chi connectivity index (χ1) is 18.6. The maximum atomic E-state index is 15.7. The van der Waals surface area contributed by atoms with Crippen molar-refractivity contribution in [3.8, 4) is 28.3 Å². The Morgan fingerprint density at radius 1 is 1.02 bits per heavy atom. The summed E-state index contributed by atoms with van der Waals surface area (Å²) >= 11 is 0. The van der Waals surface area contributed by atoms with E-state index in [4.69, 9.17) is 0 Å². The smallest absolute Gasteiger partial charge is 0.141 e. The number of hydrogen-bond acceptors (Lipinski definition) is 5. The van der Waals surface area contributed by atoms with Gasteiger partial charge < -0.3 is 10.4 Å². The fourth-order valence-corrected chi connectivity index (χ4v) is 5.92.